The van der Waals surface area contributed by atoms with Gasteiger partial charge in [-0.25, -0.2) is 0 Å². The van der Waals surface area contributed by atoms with Crippen molar-refractivity contribution in [3.8, 4) is 0 Å². The van der Waals surface area contributed by atoms with Gasteiger partial charge >= 0.3 is 0 Å². The maximum Gasteiger partial charge on any atom is 0.120 e. The Morgan fingerprint density at radius 3 is 2.54 bits per heavy atom. The van der Waals surface area contributed by atoms with Gasteiger partial charge in [0.1, 0.15) is 5.76 Å². The molecular weight excluding hydrogens is 166 g/mol. The molecular formula is C10H17NO2. The van der Waals surface area contributed by atoms with Crippen molar-refractivity contribution in [2.24, 2.45) is 0 Å². The van der Waals surface area contributed by atoms with Crippen LogP contribution in [0.5, 0.6) is 0 Å². The van der Waals surface area contributed by atoms with Crippen LogP contribution < -0.4 is 5.32 Å². The van der Waals surface area contributed by atoms with Crippen molar-refractivity contribution in [2.45, 2.75) is 39.0 Å². The van der Waals surface area contributed by atoms with Crippen molar-refractivity contribution >= 4 is 0 Å². The molecule has 1 aromatic rings. The lowest BCUT2D eigenvalue weighted by Gasteiger charge is -2.20. The summed E-state index contributed by atoms with van der Waals surface area (Å²) in [6.07, 6.45) is 1.30. The third-order valence-corrected chi connectivity index (χ3v) is 2.21. The molecule has 0 aliphatic carbocycles. The first-order valence-electron chi connectivity index (χ1n) is 4.58. The Balaban J connectivity index is 2.46. The van der Waals surface area contributed by atoms with Gasteiger partial charge in [0.05, 0.1) is 18.4 Å². The molecule has 0 fully saturated rings. The lowest BCUT2D eigenvalue weighted by Crippen LogP contribution is -2.36. The monoisotopic (exact) mass is 183 g/mol. The summed E-state index contributed by atoms with van der Waals surface area (Å²) in [4.78, 5) is 0. The van der Waals surface area contributed by atoms with Crippen molar-refractivity contribution in [3.05, 3.63) is 24.2 Å². The molecule has 74 valence electrons. The fraction of sp³-hybridized carbons (Fsp3) is 0.600. The van der Waals surface area contributed by atoms with Gasteiger partial charge < -0.3 is 14.8 Å². The van der Waals surface area contributed by atoms with Gasteiger partial charge in [-0.2, -0.15) is 0 Å². The largest absolute Gasteiger partial charge is 0.468 e. The van der Waals surface area contributed by atoms with Crippen LogP contribution in [0.2, 0.25) is 0 Å². The smallest absolute Gasteiger partial charge is 0.120 e. The summed E-state index contributed by atoms with van der Waals surface area (Å²) in [6.45, 7) is 5.73. The number of rotatable bonds is 4. The van der Waals surface area contributed by atoms with Gasteiger partial charge in [-0.3, -0.25) is 0 Å². The van der Waals surface area contributed by atoms with E-state index in [0.29, 0.717) is 0 Å². The summed E-state index contributed by atoms with van der Waals surface area (Å²) in [6, 6.07) is 3.99. The Labute approximate surface area is 78.8 Å². The average molecular weight is 183 g/mol. The van der Waals surface area contributed by atoms with Gasteiger partial charge in [0.15, 0.2) is 0 Å². The van der Waals surface area contributed by atoms with Gasteiger partial charge in [-0.15, -0.1) is 0 Å². The SMILES string of the molecule is CC(O)C(C)N[C@H](C)c1ccco1. The quantitative estimate of drug-likeness (QED) is 0.746. The Hall–Kier alpha value is -0.800. The molecule has 1 rings (SSSR count). The third-order valence-electron chi connectivity index (χ3n) is 2.21. The average Bonchev–Trinajstić information content (AvgIpc) is 2.55. The van der Waals surface area contributed by atoms with Crippen LogP contribution >= 0.6 is 0 Å². The molecule has 2 N–H and O–H groups in total. The van der Waals surface area contributed by atoms with Crippen molar-refractivity contribution in [3.63, 3.8) is 0 Å². The van der Waals surface area contributed by atoms with E-state index < -0.39 is 0 Å². The van der Waals surface area contributed by atoms with E-state index in [9.17, 15) is 5.11 Å². The van der Waals surface area contributed by atoms with Crippen molar-refractivity contribution in [1.82, 2.24) is 5.32 Å². The van der Waals surface area contributed by atoms with Gasteiger partial charge in [0.2, 0.25) is 0 Å². The molecule has 0 amide bonds. The second kappa shape index (κ2) is 4.44. The minimum atomic E-state index is -0.350. The van der Waals surface area contributed by atoms with E-state index >= 15 is 0 Å². The zero-order valence-corrected chi connectivity index (χ0v) is 8.32. The predicted molar refractivity (Wildman–Crippen MR) is 51.4 cm³/mol. The lowest BCUT2D eigenvalue weighted by molar-refractivity contribution is 0.145. The summed E-state index contributed by atoms with van der Waals surface area (Å²) >= 11 is 0. The fourth-order valence-electron chi connectivity index (χ4n) is 1.15. The van der Waals surface area contributed by atoms with Crippen molar-refractivity contribution in [2.75, 3.05) is 0 Å². The molecule has 0 saturated heterocycles. The highest BCUT2D eigenvalue weighted by Crippen LogP contribution is 2.13. The summed E-state index contributed by atoms with van der Waals surface area (Å²) in [7, 11) is 0. The van der Waals surface area contributed by atoms with Gasteiger partial charge in [-0.05, 0) is 32.9 Å². The number of hydrogen-bond donors (Lipinski definition) is 2. The Morgan fingerprint density at radius 1 is 1.38 bits per heavy atom. The molecule has 0 spiro atoms. The highest BCUT2D eigenvalue weighted by Gasteiger charge is 2.14. The molecule has 0 bridgehead atoms. The molecule has 3 nitrogen and oxygen atoms in total. The zero-order valence-electron chi connectivity index (χ0n) is 8.32. The van der Waals surface area contributed by atoms with Crippen LogP contribution in [0.15, 0.2) is 22.8 Å². The minimum Gasteiger partial charge on any atom is -0.468 e. The number of nitrogens with one attached hydrogen (secondary N) is 1. The summed E-state index contributed by atoms with van der Waals surface area (Å²) in [5, 5.41) is 12.5. The van der Waals surface area contributed by atoms with Crippen LogP contribution in [0.4, 0.5) is 0 Å². The Morgan fingerprint density at radius 2 is 2.08 bits per heavy atom. The van der Waals surface area contributed by atoms with Crippen molar-refractivity contribution in [1.29, 1.82) is 0 Å². The lowest BCUT2D eigenvalue weighted by atomic mass is 10.1. The van der Waals surface area contributed by atoms with Crippen LogP contribution in [-0.4, -0.2) is 17.3 Å². The van der Waals surface area contributed by atoms with E-state index in [2.05, 4.69) is 5.32 Å². The molecule has 13 heavy (non-hydrogen) atoms. The molecule has 2 unspecified atom stereocenters. The molecule has 1 heterocycles. The summed E-state index contributed by atoms with van der Waals surface area (Å²) in [5.41, 5.74) is 0. The first-order chi connectivity index (χ1) is 6.11. The molecule has 0 saturated carbocycles. The number of aliphatic hydroxyl groups is 1. The molecule has 0 aromatic carbocycles. The predicted octanol–water partition coefficient (Wildman–Crippen LogP) is 1.70. The van der Waals surface area contributed by atoms with Crippen LogP contribution in [0, 0.1) is 0 Å². The van der Waals surface area contributed by atoms with Gasteiger partial charge in [-0.1, -0.05) is 0 Å². The normalized spacial score (nSPS) is 18.2. The van der Waals surface area contributed by atoms with E-state index in [1.165, 1.54) is 0 Å². The first kappa shape index (κ1) is 10.3. The minimum absolute atomic E-state index is 0.0695. The van der Waals surface area contributed by atoms with E-state index in [-0.39, 0.29) is 18.2 Å². The molecule has 3 atom stereocenters. The van der Waals surface area contributed by atoms with Crippen molar-refractivity contribution < 1.29 is 9.52 Å². The maximum absolute atomic E-state index is 9.27. The molecule has 0 radical (unpaired) electrons. The van der Waals surface area contributed by atoms with Gasteiger partial charge in [0.25, 0.3) is 0 Å². The highest BCUT2D eigenvalue weighted by molar-refractivity contribution is 5.03. The van der Waals surface area contributed by atoms with Crippen LogP contribution in [0.3, 0.4) is 0 Å². The van der Waals surface area contributed by atoms with E-state index in [1.807, 2.05) is 26.0 Å². The second-order valence-corrected chi connectivity index (χ2v) is 3.43. The Kier molecular flexibility index (Phi) is 3.51. The number of furan rings is 1. The van der Waals surface area contributed by atoms with Crippen LogP contribution in [-0.2, 0) is 0 Å². The molecule has 1 aromatic heterocycles. The second-order valence-electron chi connectivity index (χ2n) is 3.43. The topological polar surface area (TPSA) is 45.4 Å². The highest BCUT2D eigenvalue weighted by atomic mass is 16.3. The van der Waals surface area contributed by atoms with E-state index in [1.54, 1.807) is 13.2 Å². The Bertz CT molecular complexity index is 231. The standard InChI is InChI=1S/C10H17NO2/c1-7(9(3)12)11-8(2)10-5-4-6-13-10/h4-9,11-12H,1-3H3/t7?,8-,9?/m1/s1. The summed E-state index contributed by atoms with van der Waals surface area (Å²) < 4.78 is 5.23. The fourth-order valence-corrected chi connectivity index (χ4v) is 1.15. The maximum atomic E-state index is 9.27. The van der Waals surface area contributed by atoms with Crippen LogP contribution in [0.1, 0.15) is 32.6 Å². The molecule has 0 aliphatic heterocycles. The van der Waals surface area contributed by atoms with Gasteiger partial charge in [0, 0.05) is 6.04 Å². The molecule has 3 heteroatoms. The number of aliphatic hydroxyl groups excluding tert-OH is 1. The van der Waals surface area contributed by atoms with E-state index in [0.717, 1.165) is 5.76 Å². The third kappa shape index (κ3) is 2.86. The van der Waals surface area contributed by atoms with E-state index in [4.69, 9.17) is 4.42 Å². The molecule has 0 aliphatic rings. The van der Waals surface area contributed by atoms with Crippen LogP contribution in [0.25, 0.3) is 0 Å². The first-order valence-corrected chi connectivity index (χ1v) is 4.58. The number of hydrogen-bond acceptors (Lipinski definition) is 3. The summed E-state index contributed by atoms with van der Waals surface area (Å²) in [5.74, 6) is 0.896. The zero-order chi connectivity index (χ0) is 9.84.